The van der Waals surface area contributed by atoms with Crippen LogP contribution in [0.2, 0.25) is 0 Å². The molecule has 4 nitrogen and oxygen atoms in total. The number of likely N-dealkylation sites (tertiary alicyclic amines) is 1. The van der Waals surface area contributed by atoms with Crippen molar-refractivity contribution in [3.8, 4) is 0 Å². The molecule has 0 saturated carbocycles. The van der Waals surface area contributed by atoms with E-state index in [2.05, 4.69) is 52.1 Å². The lowest BCUT2D eigenvalue weighted by Gasteiger charge is -2.49. The lowest BCUT2D eigenvalue weighted by molar-refractivity contribution is -0.00525. The molecule has 0 spiro atoms. The average molecular weight is 388 g/mol. The minimum absolute atomic E-state index is 0.327. The highest BCUT2D eigenvalue weighted by Crippen LogP contribution is 2.27. The van der Waals surface area contributed by atoms with Gasteiger partial charge < -0.3 is 10.0 Å². The zero-order chi connectivity index (χ0) is 17.6. The Morgan fingerprint density at radius 2 is 1.64 bits per heavy atom. The van der Waals surface area contributed by atoms with Crippen LogP contribution < -0.4 is 0 Å². The molecule has 25 heavy (non-hydrogen) atoms. The first-order valence-electron chi connectivity index (χ1n) is 10.2. The molecule has 1 atom stereocenters. The van der Waals surface area contributed by atoms with Crippen molar-refractivity contribution in [3.05, 3.63) is 0 Å². The molecule has 3 aliphatic rings. The van der Waals surface area contributed by atoms with Gasteiger partial charge in [-0.3, -0.25) is 9.80 Å². The zero-order valence-corrected chi connectivity index (χ0v) is 17.7. The maximum absolute atomic E-state index is 9.63. The fourth-order valence-electron chi connectivity index (χ4n) is 4.66. The van der Waals surface area contributed by atoms with E-state index in [-0.39, 0.29) is 0 Å². The van der Waals surface area contributed by atoms with Gasteiger partial charge in [-0.2, -0.15) is 23.5 Å². The summed E-state index contributed by atoms with van der Waals surface area (Å²) in [5, 5.41) is 9.63. The van der Waals surface area contributed by atoms with E-state index in [4.69, 9.17) is 0 Å². The van der Waals surface area contributed by atoms with E-state index in [1.807, 2.05) is 0 Å². The number of thioether (sulfide) groups is 2. The third kappa shape index (κ3) is 5.52. The van der Waals surface area contributed by atoms with Crippen LogP contribution in [0.1, 0.15) is 33.1 Å². The van der Waals surface area contributed by atoms with Crippen molar-refractivity contribution >= 4 is 23.5 Å². The number of nitrogens with zero attached hydrogens (tertiary/aromatic N) is 3. The molecule has 0 bridgehead atoms. The van der Waals surface area contributed by atoms with Crippen LogP contribution in [-0.4, -0.2) is 106 Å². The van der Waals surface area contributed by atoms with E-state index in [0.29, 0.717) is 18.7 Å². The molecule has 3 rings (SSSR count). The topological polar surface area (TPSA) is 30.0 Å². The normalized spacial score (nSPS) is 30.0. The minimum Gasteiger partial charge on any atom is -0.396 e. The molecule has 0 amide bonds. The SMILES string of the molecule is CC(C)N1CCC(N2CCN(C3CSCCSC3)CC2CCO)CC1. The smallest absolute Gasteiger partial charge is 0.0446 e. The van der Waals surface area contributed by atoms with Crippen molar-refractivity contribution in [2.24, 2.45) is 0 Å². The van der Waals surface area contributed by atoms with Crippen molar-refractivity contribution in [1.29, 1.82) is 0 Å². The highest BCUT2D eigenvalue weighted by Gasteiger charge is 2.35. The van der Waals surface area contributed by atoms with Crippen LogP contribution in [0.25, 0.3) is 0 Å². The quantitative estimate of drug-likeness (QED) is 0.777. The molecular weight excluding hydrogens is 350 g/mol. The first-order valence-corrected chi connectivity index (χ1v) is 12.5. The Labute approximate surface area is 163 Å². The van der Waals surface area contributed by atoms with Gasteiger partial charge in [0.15, 0.2) is 0 Å². The van der Waals surface area contributed by atoms with Gasteiger partial charge >= 0.3 is 0 Å². The van der Waals surface area contributed by atoms with Gasteiger partial charge in [-0.15, -0.1) is 0 Å². The number of rotatable bonds is 5. The van der Waals surface area contributed by atoms with E-state index in [1.54, 1.807) is 0 Å². The highest BCUT2D eigenvalue weighted by molar-refractivity contribution is 8.03. The Balaban J connectivity index is 1.56. The van der Waals surface area contributed by atoms with Crippen LogP contribution in [-0.2, 0) is 0 Å². The molecule has 0 aromatic heterocycles. The second-order valence-electron chi connectivity index (χ2n) is 8.06. The molecule has 1 unspecified atom stereocenters. The summed E-state index contributed by atoms with van der Waals surface area (Å²) in [7, 11) is 0. The van der Waals surface area contributed by atoms with Crippen molar-refractivity contribution in [3.63, 3.8) is 0 Å². The van der Waals surface area contributed by atoms with Gasteiger partial charge in [0, 0.05) is 73.4 Å². The van der Waals surface area contributed by atoms with E-state index in [9.17, 15) is 5.11 Å². The van der Waals surface area contributed by atoms with Gasteiger partial charge in [0.1, 0.15) is 0 Å². The predicted octanol–water partition coefficient (Wildman–Crippen LogP) is 2.08. The van der Waals surface area contributed by atoms with Crippen molar-refractivity contribution in [2.75, 3.05) is 62.3 Å². The van der Waals surface area contributed by atoms with E-state index >= 15 is 0 Å². The van der Waals surface area contributed by atoms with Crippen molar-refractivity contribution in [1.82, 2.24) is 14.7 Å². The monoisotopic (exact) mass is 387 g/mol. The largest absolute Gasteiger partial charge is 0.396 e. The molecule has 0 aliphatic carbocycles. The first kappa shape index (κ1) is 20.3. The summed E-state index contributed by atoms with van der Waals surface area (Å²) in [6, 6.07) is 2.69. The summed E-state index contributed by atoms with van der Waals surface area (Å²) in [5.74, 6) is 5.22. The van der Waals surface area contributed by atoms with Crippen molar-refractivity contribution in [2.45, 2.75) is 57.3 Å². The Hall–Kier alpha value is 0.540. The fourth-order valence-corrected chi connectivity index (χ4v) is 7.29. The van der Waals surface area contributed by atoms with Gasteiger partial charge in [-0.25, -0.2) is 0 Å². The van der Waals surface area contributed by atoms with Crippen LogP contribution in [0.3, 0.4) is 0 Å². The summed E-state index contributed by atoms with van der Waals surface area (Å²) >= 11 is 4.27. The molecule has 1 N–H and O–H groups in total. The Kier molecular flexibility index (Phi) is 8.26. The van der Waals surface area contributed by atoms with Crippen LogP contribution in [0.4, 0.5) is 0 Å². The summed E-state index contributed by atoms with van der Waals surface area (Å²) in [6.45, 7) is 11.0. The Bertz CT molecular complexity index is 383. The Morgan fingerprint density at radius 3 is 2.24 bits per heavy atom. The summed E-state index contributed by atoms with van der Waals surface area (Å²) in [4.78, 5) is 8.13. The summed E-state index contributed by atoms with van der Waals surface area (Å²) < 4.78 is 0. The van der Waals surface area contributed by atoms with E-state index in [1.165, 1.54) is 62.0 Å². The van der Waals surface area contributed by atoms with E-state index < -0.39 is 0 Å². The highest BCUT2D eigenvalue weighted by atomic mass is 32.2. The van der Waals surface area contributed by atoms with Crippen molar-refractivity contribution < 1.29 is 5.11 Å². The van der Waals surface area contributed by atoms with Gasteiger partial charge in [0.2, 0.25) is 0 Å². The first-order chi connectivity index (χ1) is 12.2. The molecule has 0 aromatic rings. The molecule has 0 aromatic carbocycles. The summed E-state index contributed by atoms with van der Waals surface area (Å²) in [5.41, 5.74) is 0. The minimum atomic E-state index is 0.327. The van der Waals surface area contributed by atoms with Gasteiger partial charge in [0.25, 0.3) is 0 Å². The molecule has 6 heteroatoms. The maximum Gasteiger partial charge on any atom is 0.0446 e. The number of piperidine rings is 1. The third-order valence-electron chi connectivity index (χ3n) is 6.23. The number of piperazine rings is 1. The number of hydrogen-bond donors (Lipinski definition) is 1. The average Bonchev–Trinajstić information content (AvgIpc) is 2.91. The molecule has 3 aliphatic heterocycles. The second-order valence-corrected chi connectivity index (χ2v) is 10.4. The molecule has 0 radical (unpaired) electrons. The maximum atomic E-state index is 9.63. The third-order valence-corrected chi connectivity index (χ3v) is 8.71. The van der Waals surface area contributed by atoms with Crippen LogP contribution in [0.15, 0.2) is 0 Å². The Morgan fingerprint density at radius 1 is 0.960 bits per heavy atom. The number of aliphatic hydroxyl groups excluding tert-OH is 1. The molecule has 3 heterocycles. The second kappa shape index (κ2) is 10.2. The predicted molar refractivity (Wildman–Crippen MR) is 112 cm³/mol. The molecular formula is C19H37N3OS2. The van der Waals surface area contributed by atoms with Crippen LogP contribution in [0, 0.1) is 0 Å². The molecule has 3 saturated heterocycles. The lowest BCUT2D eigenvalue weighted by atomic mass is 9.97. The van der Waals surface area contributed by atoms with Crippen LogP contribution in [0.5, 0.6) is 0 Å². The van der Waals surface area contributed by atoms with Gasteiger partial charge in [-0.05, 0) is 46.2 Å². The fraction of sp³-hybridized carbons (Fsp3) is 1.00. The lowest BCUT2D eigenvalue weighted by Crippen LogP contribution is -2.61. The van der Waals surface area contributed by atoms with Gasteiger partial charge in [-0.1, -0.05) is 0 Å². The standard InChI is InChI=1S/C19H37N3OS2/c1-16(2)20-6-3-17(4-7-20)22-9-8-21(13-18(22)5-10-23)19-14-24-11-12-25-15-19/h16-19,23H,3-15H2,1-2H3. The van der Waals surface area contributed by atoms with Crippen LogP contribution >= 0.6 is 23.5 Å². The number of aliphatic hydroxyl groups is 1. The van der Waals surface area contributed by atoms with Gasteiger partial charge in [0.05, 0.1) is 0 Å². The summed E-state index contributed by atoms with van der Waals surface area (Å²) in [6.07, 6.45) is 3.54. The molecule has 3 fully saturated rings. The molecule has 146 valence electrons. The van der Waals surface area contributed by atoms with E-state index in [0.717, 1.165) is 25.0 Å². The number of hydrogen-bond acceptors (Lipinski definition) is 6. The zero-order valence-electron chi connectivity index (χ0n) is 16.1.